The minimum atomic E-state index is -0.373. The number of halogens is 1. The van der Waals surface area contributed by atoms with E-state index in [1.807, 2.05) is 0 Å². The molecule has 1 aromatic rings. The number of hydrogen-bond acceptors (Lipinski definition) is 3. The maximum absolute atomic E-state index is 13.1. The first-order chi connectivity index (χ1) is 9.60. The molecule has 0 unspecified atom stereocenters. The molecule has 0 spiro atoms. The van der Waals surface area contributed by atoms with Crippen LogP contribution in [0.5, 0.6) is 0 Å². The van der Waals surface area contributed by atoms with Gasteiger partial charge in [-0.15, -0.1) is 0 Å². The summed E-state index contributed by atoms with van der Waals surface area (Å²) in [5.41, 5.74) is 0.658. The highest BCUT2D eigenvalue weighted by molar-refractivity contribution is 5.79. The molecule has 2 rings (SSSR count). The van der Waals surface area contributed by atoms with Crippen LogP contribution in [0.1, 0.15) is 5.56 Å². The average molecular weight is 280 g/mol. The summed E-state index contributed by atoms with van der Waals surface area (Å²) in [4.78, 5) is 26.7. The van der Waals surface area contributed by atoms with Gasteiger partial charge in [0, 0.05) is 26.2 Å². The number of amides is 2. The van der Waals surface area contributed by atoms with E-state index < -0.39 is 0 Å². The van der Waals surface area contributed by atoms with Gasteiger partial charge >= 0.3 is 6.09 Å². The van der Waals surface area contributed by atoms with E-state index in [1.54, 1.807) is 21.9 Å². The Morgan fingerprint density at radius 1 is 1.20 bits per heavy atom. The Balaban J connectivity index is 1.87. The fraction of sp³-hybridized carbons (Fsp3) is 0.429. The summed E-state index contributed by atoms with van der Waals surface area (Å²) in [7, 11) is 1.34. The van der Waals surface area contributed by atoms with Crippen LogP contribution < -0.4 is 0 Å². The van der Waals surface area contributed by atoms with E-state index in [1.165, 1.54) is 19.2 Å². The van der Waals surface area contributed by atoms with Gasteiger partial charge in [0.05, 0.1) is 13.5 Å². The van der Waals surface area contributed by atoms with Gasteiger partial charge in [0.1, 0.15) is 5.82 Å². The van der Waals surface area contributed by atoms with Crippen molar-refractivity contribution in [2.45, 2.75) is 6.42 Å². The zero-order chi connectivity index (χ0) is 14.5. The molecule has 0 radical (unpaired) electrons. The second-order valence-corrected chi connectivity index (χ2v) is 4.64. The predicted octanol–water partition coefficient (Wildman–Crippen LogP) is 1.28. The molecule has 1 aliphatic rings. The Labute approximate surface area is 116 Å². The molecule has 1 heterocycles. The van der Waals surface area contributed by atoms with Gasteiger partial charge in [-0.05, 0) is 17.7 Å². The lowest BCUT2D eigenvalue weighted by atomic mass is 10.1. The maximum Gasteiger partial charge on any atom is 0.409 e. The number of benzene rings is 1. The Kier molecular flexibility index (Phi) is 4.55. The zero-order valence-corrected chi connectivity index (χ0v) is 11.3. The van der Waals surface area contributed by atoms with Crippen molar-refractivity contribution >= 4 is 12.0 Å². The Hall–Kier alpha value is -2.11. The number of methoxy groups -OCH3 is 1. The van der Waals surface area contributed by atoms with Crippen LogP contribution in [0.3, 0.4) is 0 Å². The van der Waals surface area contributed by atoms with Gasteiger partial charge < -0.3 is 14.5 Å². The van der Waals surface area contributed by atoms with Crippen molar-refractivity contribution in [1.29, 1.82) is 0 Å². The van der Waals surface area contributed by atoms with Gasteiger partial charge in [0.15, 0.2) is 0 Å². The van der Waals surface area contributed by atoms with Crippen LogP contribution in [-0.4, -0.2) is 55.1 Å². The van der Waals surface area contributed by atoms with E-state index in [-0.39, 0.29) is 24.2 Å². The van der Waals surface area contributed by atoms with Gasteiger partial charge in [0.2, 0.25) is 5.91 Å². The largest absolute Gasteiger partial charge is 0.453 e. The molecule has 5 nitrogen and oxygen atoms in total. The second-order valence-electron chi connectivity index (χ2n) is 4.64. The molecule has 1 aromatic carbocycles. The standard InChI is InChI=1S/C14H17FN2O3/c1-20-14(19)17-7-5-16(6-8-17)13(18)10-11-3-2-4-12(15)9-11/h2-4,9H,5-8,10H2,1H3. The van der Waals surface area contributed by atoms with Crippen molar-refractivity contribution in [2.75, 3.05) is 33.3 Å². The van der Waals surface area contributed by atoms with Crippen LogP contribution in [0.25, 0.3) is 0 Å². The monoisotopic (exact) mass is 280 g/mol. The molecule has 0 bridgehead atoms. The quantitative estimate of drug-likeness (QED) is 0.820. The van der Waals surface area contributed by atoms with Crippen molar-refractivity contribution in [3.05, 3.63) is 35.6 Å². The van der Waals surface area contributed by atoms with Gasteiger partial charge in [0.25, 0.3) is 0 Å². The molecule has 0 atom stereocenters. The van der Waals surface area contributed by atoms with Crippen molar-refractivity contribution < 1.29 is 18.7 Å². The highest BCUT2D eigenvalue weighted by Gasteiger charge is 2.24. The molecule has 6 heteroatoms. The van der Waals surface area contributed by atoms with Crippen LogP contribution in [0.15, 0.2) is 24.3 Å². The minimum Gasteiger partial charge on any atom is -0.453 e. The average Bonchev–Trinajstić information content (AvgIpc) is 2.46. The number of carbonyl (C=O) groups is 2. The Bertz CT molecular complexity index is 499. The summed E-state index contributed by atoms with van der Waals surface area (Å²) in [6, 6.07) is 6.03. The lowest BCUT2D eigenvalue weighted by molar-refractivity contribution is -0.132. The van der Waals surface area contributed by atoms with Crippen molar-refractivity contribution in [3.63, 3.8) is 0 Å². The minimum absolute atomic E-state index is 0.0554. The summed E-state index contributed by atoms with van der Waals surface area (Å²) in [5.74, 6) is -0.397. The SMILES string of the molecule is COC(=O)N1CCN(C(=O)Cc2cccc(F)c2)CC1. The molecule has 1 saturated heterocycles. The van der Waals surface area contributed by atoms with E-state index in [4.69, 9.17) is 0 Å². The first kappa shape index (κ1) is 14.3. The van der Waals surface area contributed by atoms with Crippen LogP contribution in [0, 0.1) is 5.82 Å². The molecule has 1 aliphatic heterocycles. The Morgan fingerprint density at radius 2 is 1.85 bits per heavy atom. The number of hydrogen-bond donors (Lipinski definition) is 0. The van der Waals surface area contributed by atoms with Crippen molar-refractivity contribution in [3.8, 4) is 0 Å². The predicted molar refractivity (Wildman–Crippen MR) is 70.7 cm³/mol. The highest BCUT2D eigenvalue weighted by Crippen LogP contribution is 2.09. The molecule has 0 N–H and O–H groups in total. The number of carbonyl (C=O) groups excluding carboxylic acids is 2. The van der Waals surface area contributed by atoms with E-state index in [0.717, 1.165) is 0 Å². The topological polar surface area (TPSA) is 49.9 Å². The van der Waals surface area contributed by atoms with Gasteiger partial charge in [-0.3, -0.25) is 4.79 Å². The number of rotatable bonds is 2. The third-order valence-electron chi connectivity index (χ3n) is 3.31. The molecule has 0 aromatic heterocycles. The van der Waals surface area contributed by atoms with Crippen molar-refractivity contribution in [2.24, 2.45) is 0 Å². The Morgan fingerprint density at radius 3 is 2.45 bits per heavy atom. The fourth-order valence-corrected chi connectivity index (χ4v) is 2.20. The number of ether oxygens (including phenoxy) is 1. The smallest absolute Gasteiger partial charge is 0.409 e. The zero-order valence-electron chi connectivity index (χ0n) is 11.3. The van der Waals surface area contributed by atoms with E-state index >= 15 is 0 Å². The second kappa shape index (κ2) is 6.36. The molecule has 0 aliphatic carbocycles. The van der Waals surface area contributed by atoms with Crippen LogP contribution in [0.2, 0.25) is 0 Å². The molecular weight excluding hydrogens is 263 g/mol. The first-order valence-corrected chi connectivity index (χ1v) is 6.45. The summed E-state index contributed by atoms with van der Waals surface area (Å²) < 4.78 is 17.7. The summed E-state index contributed by atoms with van der Waals surface area (Å²) in [6.45, 7) is 1.87. The summed E-state index contributed by atoms with van der Waals surface area (Å²) in [5, 5.41) is 0. The van der Waals surface area contributed by atoms with E-state index in [9.17, 15) is 14.0 Å². The molecular formula is C14H17FN2O3. The van der Waals surface area contributed by atoms with E-state index in [0.29, 0.717) is 31.7 Å². The third kappa shape index (κ3) is 3.46. The maximum atomic E-state index is 13.1. The van der Waals surface area contributed by atoms with Gasteiger partial charge in [-0.25, -0.2) is 9.18 Å². The molecule has 20 heavy (non-hydrogen) atoms. The van der Waals surface area contributed by atoms with Gasteiger partial charge in [-0.2, -0.15) is 0 Å². The summed E-state index contributed by atoms with van der Waals surface area (Å²) >= 11 is 0. The molecule has 2 amide bonds. The van der Waals surface area contributed by atoms with Crippen LogP contribution in [-0.2, 0) is 16.0 Å². The lowest BCUT2D eigenvalue weighted by Crippen LogP contribution is -2.50. The third-order valence-corrected chi connectivity index (χ3v) is 3.31. The molecule has 0 saturated carbocycles. The van der Waals surface area contributed by atoms with Crippen molar-refractivity contribution in [1.82, 2.24) is 9.80 Å². The number of piperazine rings is 1. The number of nitrogens with zero attached hydrogens (tertiary/aromatic N) is 2. The molecule has 108 valence electrons. The van der Waals surface area contributed by atoms with Crippen LogP contribution >= 0.6 is 0 Å². The fourth-order valence-electron chi connectivity index (χ4n) is 2.20. The van der Waals surface area contributed by atoms with Gasteiger partial charge in [-0.1, -0.05) is 12.1 Å². The lowest BCUT2D eigenvalue weighted by Gasteiger charge is -2.33. The molecule has 1 fully saturated rings. The van der Waals surface area contributed by atoms with E-state index in [2.05, 4.69) is 4.74 Å². The first-order valence-electron chi connectivity index (χ1n) is 6.45. The summed E-state index contributed by atoms with van der Waals surface area (Å²) in [6.07, 6.45) is -0.196. The van der Waals surface area contributed by atoms with Crippen LogP contribution in [0.4, 0.5) is 9.18 Å². The highest BCUT2D eigenvalue weighted by atomic mass is 19.1. The normalized spacial score (nSPS) is 15.1.